The molecule has 118 valence electrons. The molecule has 2 fully saturated rings. The van der Waals surface area contributed by atoms with E-state index in [1.54, 1.807) is 0 Å². The topological polar surface area (TPSA) is 146 Å². The number of ether oxygens (including phenoxy) is 2. The van der Waals surface area contributed by atoms with Crippen LogP contribution in [0.2, 0.25) is 0 Å². The van der Waals surface area contributed by atoms with Crippen LogP contribution in [-0.4, -0.2) is 75.5 Å². The summed E-state index contributed by atoms with van der Waals surface area (Å²) in [5.41, 5.74) is -1.77. The molecule has 2 rings (SSSR count). The van der Waals surface area contributed by atoms with Gasteiger partial charge in [-0.05, 0) is 6.92 Å². The van der Waals surface area contributed by atoms with E-state index in [1.807, 2.05) is 5.32 Å². The molecule has 3 amide bonds. The van der Waals surface area contributed by atoms with Crippen LogP contribution in [0, 0.1) is 0 Å². The van der Waals surface area contributed by atoms with E-state index >= 15 is 0 Å². The van der Waals surface area contributed by atoms with E-state index in [-0.39, 0.29) is 13.0 Å². The second kappa shape index (κ2) is 5.47. The summed E-state index contributed by atoms with van der Waals surface area (Å²) in [6.45, 7) is 0.458. The molecule has 0 bridgehead atoms. The Morgan fingerprint density at radius 3 is 2.76 bits per heavy atom. The van der Waals surface area contributed by atoms with Crippen molar-refractivity contribution in [2.75, 3.05) is 13.2 Å². The van der Waals surface area contributed by atoms with Crippen molar-refractivity contribution >= 4 is 18.1 Å². The number of nitrogens with one attached hydrogen (secondary N) is 1. The number of aliphatic hydroxyl groups is 2. The maximum atomic E-state index is 11.8. The Bertz CT molecular complexity index is 469. The predicted octanol–water partition coefficient (Wildman–Crippen LogP) is -1.54. The van der Waals surface area contributed by atoms with Crippen molar-refractivity contribution in [2.45, 2.75) is 37.4 Å². The molecule has 0 radical (unpaired) electrons. The lowest BCUT2D eigenvalue weighted by Gasteiger charge is -2.39. The lowest BCUT2D eigenvalue weighted by atomic mass is 10.0. The molecule has 0 aromatic rings. The first-order chi connectivity index (χ1) is 9.76. The number of urea groups is 1. The van der Waals surface area contributed by atoms with Gasteiger partial charge in [0.1, 0.15) is 12.3 Å². The number of rotatable bonds is 3. The molecule has 21 heavy (non-hydrogen) atoms. The van der Waals surface area contributed by atoms with E-state index in [2.05, 4.69) is 4.74 Å². The average molecular weight is 304 g/mol. The van der Waals surface area contributed by atoms with Crippen molar-refractivity contribution in [3.8, 4) is 0 Å². The van der Waals surface area contributed by atoms with Crippen LogP contribution < -0.4 is 5.32 Å². The molecule has 1 unspecified atom stereocenters. The van der Waals surface area contributed by atoms with Crippen LogP contribution in [0.4, 0.5) is 9.59 Å². The molecule has 0 aromatic carbocycles. The Morgan fingerprint density at radius 2 is 2.24 bits per heavy atom. The fourth-order valence-corrected chi connectivity index (χ4v) is 2.35. The number of carboxylic acid groups (broad SMARTS) is 1. The van der Waals surface area contributed by atoms with Gasteiger partial charge in [0.15, 0.2) is 0 Å². The van der Waals surface area contributed by atoms with Gasteiger partial charge >= 0.3 is 12.2 Å². The van der Waals surface area contributed by atoms with Crippen molar-refractivity contribution in [3.05, 3.63) is 0 Å². The highest BCUT2D eigenvalue weighted by Gasteiger charge is 2.50. The van der Waals surface area contributed by atoms with Crippen molar-refractivity contribution < 1.29 is 39.2 Å². The van der Waals surface area contributed by atoms with Crippen LogP contribution in [0.5, 0.6) is 0 Å². The number of imide groups is 1. The van der Waals surface area contributed by atoms with Gasteiger partial charge in [0, 0.05) is 6.42 Å². The van der Waals surface area contributed by atoms with E-state index in [0.717, 1.165) is 4.90 Å². The lowest BCUT2D eigenvalue weighted by Crippen LogP contribution is -2.66. The fraction of sp³-hybridized carbons (Fsp3) is 0.727. The van der Waals surface area contributed by atoms with Crippen molar-refractivity contribution in [1.82, 2.24) is 10.2 Å². The summed E-state index contributed by atoms with van der Waals surface area (Å²) in [6, 6.07) is -0.776. The van der Waals surface area contributed by atoms with Crippen LogP contribution in [0.1, 0.15) is 13.3 Å². The molecule has 0 aliphatic carbocycles. The molecule has 0 aromatic heterocycles. The number of amides is 3. The number of carbonyl (C=O) groups is 3. The van der Waals surface area contributed by atoms with Gasteiger partial charge in [-0.1, -0.05) is 0 Å². The van der Waals surface area contributed by atoms with Gasteiger partial charge in [-0.15, -0.1) is 0 Å². The average Bonchev–Trinajstić information content (AvgIpc) is 2.74. The van der Waals surface area contributed by atoms with Gasteiger partial charge < -0.3 is 24.8 Å². The second-order valence-corrected chi connectivity index (χ2v) is 5.10. The van der Waals surface area contributed by atoms with Crippen LogP contribution in [0.25, 0.3) is 0 Å². The molecule has 2 aliphatic heterocycles. The third-order valence-corrected chi connectivity index (χ3v) is 3.48. The maximum Gasteiger partial charge on any atom is 0.506 e. The third-order valence-electron chi connectivity index (χ3n) is 3.48. The lowest BCUT2D eigenvalue weighted by molar-refractivity contribution is -0.149. The molecule has 4 atom stereocenters. The summed E-state index contributed by atoms with van der Waals surface area (Å²) in [5, 5.41) is 29.4. The summed E-state index contributed by atoms with van der Waals surface area (Å²) in [7, 11) is 0. The molecule has 0 saturated carbocycles. The van der Waals surface area contributed by atoms with E-state index in [4.69, 9.17) is 14.9 Å². The highest BCUT2D eigenvalue weighted by Crippen LogP contribution is 2.27. The fourth-order valence-electron chi connectivity index (χ4n) is 2.35. The van der Waals surface area contributed by atoms with Gasteiger partial charge in [-0.2, -0.15) is 0 Å². The van der Waals surface area contributed by atoms with Crippen LogP contribution in [-0.2, 0) is 14.3 Å². The number of nitrogens with zero attached hydrogens (tertiary/aromatic N) is 1. The largest absolute Gasteiger partial charge is 0.506 e. The molecule has 2 heterocycles. The van der Waals surface area contributed by atoms with Crippen molar-refractivity contribution in [1.29, 1.82) is 0 Å². The number of carbonyl (C=O) groups excluding carboxylic acids is 2. The highest BCUT2D eigenvalue weighted by molar-refractivity contribution is 6.02. The first-order valence-electron chi connectivity index (χ1n) is 6.25. The van der Waals surface area contributed by atoms with Gasteiger partial charge in [-0.25, -0.2) is 9.59 Å². The van der Waals surface area contributed by atoms with Crippen LogP contribution >= 0.6 is 0 Å². The highest BCUT2D eigenvalue weighted by atomic mass is 16.7. The zero-order chi connectivity index (χ0) is 15.8. The Kier molecular flexibility index (Phi) is 4.03. The first kappa shape index (κ1) is 15.5. The molecule has 2 saturated heterocycles. The Balaban J connectivity index is 2.14. The minimum absolute atomic E-state index is 0.0377. The number of hydrogen-bond acceptors (Lipinski definition) is 7. The molecule has 0 spiro atoms. The van der Waals surface area contributed by atoms with Gasteiger partial charge in [0.25, 0.3) is 5.91 Å². The summed E-state index contributed by atoms with van der Waals surface area (Å²) >= 11 is 0. The molecular formula is C11H16N2O8. The SMILES string of the molecule is CC1(OC(=O)O)CN([C@H]2C[C@H](O)[C@@H](CO)O2)C(=O)NC1=O. The molecule has 10 nitrogen and oxygen atoms in total. The Hall–Kier alpha value is -1.91. The number of aliphatic hydroxyl groups excluding tert-OH is 2. The van der Waals surface area contributed by atoms with E-state index in [0.29, 0.717) is 0 Å². The quantitative estimate of drug-likeness (QED) is 0.459. The summed E-state index contributed by atoms with van der Waals surface area (Å²) < 4.78 is 9.87. The van der Waals surface area contributed by atoms with E-state index in [9.17, 15) is 19.5 Å². The van der Waals surface area contributed by atoms with Crippen molar-refractivity contribution in [3.63, 3.8) is 0 Å². The molecule has 10 heteroatoms. The molecule has 2 aliphatic rings. The zero-order valence-electron chi connectivity index (χ0n) is 11.2. The van der Waals surface area contributed by atoms with Gasteiger partial charge in [0.2, 0.25) is 5.60 Å². The summed E-state index contributed by atoms with van der Waals surface area (Å²) in [6.07, 6.45) is -4.30. The maximum absolute atomic E-state index is 11.8. The number of hydrogen-bond donors (Lipinski definition) is 4. The van der Waals surface area contributed by atoms with E-state index in [1.165, 1.54) is 6.92 Å². The molecular weight excluding hydrogens is 288 g/mol. The monoisotopic (exact) mass is 304 g/mol. The smallest absolute Gasteiger partial charge is 0.450 e. The molecule has 4 N–H and O–H groups in total. The van der Waals surface area contributed by atoms with E-state index < -0.39 is 48.7 Å². The van der Waals surface area contributed by atoms with Crippen molar-refractivity contribution in [2.24, 2.45) is 0 Å². The van der Waals surface area contributed by atoms with Gasteiger partial charge in [-0.3, -0.25) is 15.0 Å². The third kappa shape index (κ3) is 2.91. The predicted molar refractivity (Wildman–Crippen MR) is 64.1 cm³/mol. The summed E-state index contributed by atoms with van der Waals surface area (Å²) in [5.74, 6) is -0.872. The summed E-state index contributed by atoms with van der Waals surface area (Å²) in [4.78, 5) is 35.3. The Labute approximate surface area is 119 Å². The minimum atomic E-state index is -1.77. The Morgan fingerprint density at radius 1 is 1.57 bits per heavy atom. The van der Waals surface area contributed by atoms with Gasteiger partial charge in [0.05, 0.1) is 19.3 Å². The van der Waals surface area contributed by atoms with Crippen LogP contribution in [0.15, 0.2) is 0 Å². The van der Waals surface area contributed by atoms with Crippen LogP contribution in [0.3, 0.4) is 0 Å². The normalized spacial score (nSPS) is 36.5. The standard InChI is InChI=1S/C11H16N2O8/c1-11(21-10(18)19)4-13(9(17)12-8(11)16)7-2-5(15)6(3-14)20-7/h5-7,14-15H,2-4H2,1H3,(H,18,19)(H,12,16,17)/t5-,6+,7+,11?/m0/s1. The zero-order valence-corrected chi connectivity index (χ0v) is 11.2. The minimum Gasteiger partial charge on any atom is -0.450 e. The second-order valence-electron chi connectivity index (χ2n) is 5.10. The first-order valence-corrected chi connectivity index (χ1v) is 6.25.